The minimum Gasteiger partial charge on any atom is -0.280 e. The molecular formula is C8H11N3. The first-order valence-corrected chi connectivity index (χ1v) is 3.34. The van der Waals surface area contributed by atoms with Crippen LogP contribution in [0.2, 0.25) is 0 Å². The molecule has 0 bridgehead atoms. The van der Waals surface area contributed by atoms with E-state index in [2.05, 4.69) is 28.5 Å². The number of rotatable bonds is 2. The maximum Gasteiger partial charge on any atom is 0.113 e. The first-order chi connectivity index (χ1) is 5.16. The third-order valence-electron chi connectivity index (χ3n) is 1.48. The van der Waals surface area contributed by atoms with Gasteiger partial charge < -0.3 is 0 Å². The summed E-state index contributed by atoms with van der Waals surface area (Å²) in [6, 6.07) is 0. The average molecular weight is 149 g/mol. The van der Waals surface area contributed by atoms with E-state index in [0.717, 1.165) is 22.6 Å². The molecule has 0 aromatic carbocycles. The number of allylic oxidation sites excluding steroid dienone is 1. The Labute approximate surface area is 65.9 Å². The summed E-state index contributed by atoms with van der Waals surface area (Å²) >= 11 is 0. The number of H-pyrrole nitrogens is 1. The minimum atomic E-state index is 0.803. The molecule has 3 nitrogen and oxygen atoms in total. The molecule has 1 N–H and O–H groups in total. The van der Waals surface area contributed by atoms with Crippen LogP contribution < -0.4 is 0 Å². The molecule has 0 amide bonds. The van der Waals surface area contributed by atoms with Crippen molar-refractivity contribution in [2.45, 2.75) is 13.8 Å². The van der Waals surface area contributed by atoms with Gasteiger partial charge in [-0.25, -0.2) is 0 Å². The van der Waals surface area contributed by atoms with Crippen molar-refractivity contribution in [3.05, 3.63) is 18.0 Å². The van der Waals surface area contributed by atoms with Gasteiger partial charge in [-0.05, 0) is 26.1 Å². The highest BCUT2D eigenvalue weighted by molar-refractivity contribution is 5.71. The Morgan fingerprint density at radius 3 is 2.64 bits per heavy atom. The van der Waals surface area contributed by atoms with E-state index >= 15 is 0 Å². The third-order valence-corrected chi connectivity index (χ3v) is 1.48. The van der Waals surface area contributed by atoms with Gasteiger partial charge in [-0.15, -0.1) is 0 Å². The molecule has 1 rings (SSSR count). The molecule has 1 aromatic heterocycles. The van der Waals surface area contributed by atoms with Crippen LogP contribution in [0.1, 0.15) is 18.3 Å². The van der Waals surface area contributed by atoms with Crippen LogP contribution in [0.3, 0.4) is 0 Å². The van der Waals surface area contributed by atoms with Gasteiger partial charge in [0, 0.05) is 0 Å². The Hall–Kier alpha value is -1.38. The van der Waals surface area contributed by atoms with Crippen molar-refractivity contribution < 1.29 is 0 Å². The normalized spacial score (nSPS) is 9.64. The molecular weight excluding hydrogens is 138 g/mol. The molecule has 0 aliphatic carbocycles. The Balaban J connectivity index is 3.26. The van der Waals surface area contributed by atoms with Crippen molar-refractivity contribution in [1.29, 1.82) is 0 Å². The van der Waals surface area contributed by atoms with E-state index in [9.17, 15) is 0 Å². The third kappa shape index (κ3) is 1.22. The molecule has 3 heteroatoms. The van der Waals surface area contributed by atoms with Crippen molar-refractivity contribution in [3.8, 4) is 0 Å². The Kier molecular flexibility index (Phi) is 1.89. The zero-order valence-electron chi connectivity index (χ0n) is 6.81. The van der Waals surface area contributed by atoms with Crippen LogP contribution in [0.15, 0.2) is 11.6 Å². The van der Waals surface area contributed by atoms with Crippen molar-refractivity contribution in [1.82, 2.24) is 10.2 Å². The van der Waals surface area contributed by atoms with Crippen LogP contribution in [0, 0.1) is 6.92 Å². The van der Waals surface area contributed by atoms with Gasteiger partial charge in [0.05, 0.1) is 5.69 Å². The molecule has 58 valence electrons. The second kappa shape index (κ2) is 2.70. The summed E-state index contributed by atoms with van der Waals surface area (Å²) in [5.74, 6) is 0. The van der Waals surface area contributed by atoms with Crippen LogP contribution in [-0.2, 0) is 0 Å². The maximum absolute atomic E-state index is 4.03. The van der Waals surface area contributed by atoms with Gasteiger partial charge in [0.25, 0.3) is 0 Å². The quantitative estimate of drug-likeness (QED) is 0.642. The van der Waals surface area contributed by atoms with Crippen molar-refractivity contribution in [3.63, 3.8) is 0 Å². The zero-order valence-corrected chi connectivity index (χ0v) is 6.81. The average Bonchev–Trinajstić information content (AvgIpc) is 2.30. The van der Waals surface area contributed by atoms with Gasteiger partial charge in [-0.2, -0.15) is 5.10 Å². The molecule has 0 aliphatic rings. The van der Waals surface area contributed by atoms with E-state index in [4.69, 9.17) is 0 Å². The second-order valence-corrected chi connectivity index (χ2v) is 2.48. The lowest BCUT2D eigenvalue weighted by atomic mass is 10.2. The van der Waals surface area contributed by atoms with Crippen LogP contribution >= 0.6 is 0 Å². The fraction of sp³-hybridized carbons (Fsp3) is 0.250. The summed E-state index contributed by atoms with van der Waals surface area (Å²) in [5.41, 5.74) is 3.43. The Morgan fingerprint density at radius 2 is 2.27 bits per heavy atom. The summed E-state index contributed by atoms with van der Waals surface area (Å²) in [6.45, 7) is 11.0. The molecule has 0 saturated carbocycles. The van der Waals surface area contributed by atoms with E-state index in [1.165, 1.54) is 0 Å². The summed E-state index contributed by atoms with van der Waals surface area (Å²) in [7, 11) is 0. The SMILES string of the molecule is C=Nc1c(C(=C)C)n[nH]c1C. The van der Waals surface area contributed by atoms with Gasteiger partial charge in [0.1, 0.15) is 11.4 Å². The highest BCUT2D eigenvalue weighted by Crippen LogP contribution is 2.25. The van der Waals surface area contributed by atoms with Gasteiger partial charge in [0.2, 0.25) is 0 Å². The number of nitrogens with one attached hydrogen (secondary N) is 1. The molecule has 0 saturated heterocycles. The number of nitrogens with zero attached hydrogens (tertiary/aromatic N) is 2. The van der Waals surface area contributed by atoms with E-state index in [-0.39, 0.29) is 0 Å². The number of aryl methyl sites for hydroxylation is 1. The van der Waals surface area contributed by atoms with Gasteiger partial charge in [-0.3, -0.25) is 10.1 Å². The zero-order chi connectivity index (χ0) is 8.43. The first kappa shape index (κ1) is 7.72. The van der Waals surface area contributed by atoms with E-state index in [1.54, 1.807) is 0 Å². The lowest BCUT2D eigenvalue weighted by Crippen LogP contribution is -1.76. The number of aromatic amines is 1. The number of aromatic nitrogens is 2. The van der Waals surface area contributed by atoms with Crippen LogP contribution in [0.25, 0.3) is 5.57 Å². The lowest BCUT2D eigenvalue weighted by molar-refractivity contribution is 1.03. The minimum absolute atomic E-state index is 0.803. The fourth-order valence-electron chi connectivity index (χ4n) is 0.914. The van der Waals surface area contributed by atoms with Crippen molar-refractivity contribution in [2.75, 3.05) is 0 Å². The number of hydrogen-bond donors (Lipinski definition) is 1. The predicted octanol–water partition coefficient (Wildman–Crippen LogP) is 2.08. The molecule has 1 heterocycles. The van der Waals surface area contributed by atoms with Crippen molar-refractivity contribution in [2.24, 2.45) is 4.99 Å². The Morgan fingerprint density at radius 1 is 1.64 bits per heavy atom. The summed E-state index contributed by atoms with van der Waals surface area (Å²) in [6.07, 6.45) is 0. The smallest absolute Gasteiger partial charge is 0.113 e. The van der Waals surface area contributed by atoms with E-state index in [0.29, 0.717) is 0 Å². The highest BCUT2D eigenvalue weighted by atomic mass is 15.1. The van der Waals surface area contributed by atoms with Crippen molar-refractivity contribution >= 4 is 18.0 Å². The van der Waals surface area contributed by atoms with Crippen LogP contribution in [0.4, 0.5) is 5.69 Å². The van der Waals surface area contributed by atoms with Gasteiger partial charge in [0.15, 0.2) is 0 Å². The topological polar surface area (TPSA) is 41.0 Å². The van der Waals surface area contributed by atoms with Gasteiger partial charge in [-0.1, -0.05) is 6.58 Å². The summed E-state index contributed by atoms with van der Waals surface area (Å²) < 4.78 is 0. The fourth-order valence-corrected chi connectivity index (χ4v) is 0.914. The lowest BCUT2D eigenvalue weighted by Gasteiger charge is -1.93. The standard InChI is InChI=1S/C8H11N3/c1-5(2)7-8(9-4)6(3)10-11-7/h1,4H2,2-3H3,(H,10,11). The summed E-state index contributed by atoms with van der Waals surface area (Å²) in [5, 5.41) is 6.85. The second-order valence-electron chi connectivity index (χ2n) is 2.48. The molecule has 0 radical (unpaired) electrons. The van der Waals surface area contributed by atoms with E-state index < -0.39 is 0 Å². The molecule has 11 heavy (non-hydrogen) atoms. The molecule has 0 spiro atoms. The molecule has 0 aliphatic heterocycles. The largest absolute Gasteiger partial charge is 0.280 e. The predicted molar refractivity (Wildman–Crippen MR) is 47.2 cm³/mol. The number of hydrogen-bond acceptors (Lipinski definition) is 2. The monoisotopic (exact) mass is 149 g/mol. The first-order valence-electron chi connectivity index (χ1n) is 3.34. The molecule has 1 aromatic rings. The molecule has 0 fully saturated rings. The molecule has 0 atom stereocenters. The van der Waals surface area contributed by atoms with Crippen LogP contribution in [-0.4, -0.2) is 16.9 Å². The van der Waals surface area contributed by atoms with E-state index in [1.807, 2.05) is 13.8 Å². The maximum atomic E-state index is 4.03. The summed E-state index contributed by atoms with van der Waals surface area (Å²) in [4.78, 5) is 3.85. The Bertz CT molecular complexity index is 296. The highest BCUT2D eigenvalue weighted by Gasteiger charge is 2.07. The van der Waals surface area contributed by atoms with Gasteiger partial charge >= 0.3 is 0 Å². The number of aliphatic imine (C=N–C) groups is 1. The van der Waals surface area contributed by atoms with Crippen LogP contribution in [0.5, 0.6) is 0 Å². The molecule has 0 unspecified atom stereocenters.